The summed E-state index contributed by atoms with van der Waals surface area (Å²) in [6, 6.07) is 4.07. The molecule has 0 amide bonds. The number of hydrogen-bond acceptors (Lipinski definition) is 5. The van der Waals surface area contributed by atoms with E-state index in [4.69, 9.17) is 5.73 Å². The van der Waals surface area contributed by atoms with Crippen molar-refractivity contribution >= 4 is 5.96 Å². The van der Waals surface area contributed by atoms with E-state index in [1.807, 2.05) is 12.3 Å². The minimum atomic E-state index is -0.175. The SMILES string of the molecule is CCN(CC)CCN1C(N)=NCC1(C)c1cccnc1. The van der Waals surface area contributed by atoms with Crippen LogP contribution in [0.1, 0.15) is 26.3 Å². The van der Waals surface area contributed by atoms with Gasteiger partial charge in [0.1, 0.15) is 0 Å². The zero-order valence-corrected chi connectivity index (χ0v) is 12.7. The van der Waals surface area contributed by atoms with Gasteiger partial charge in [0.2, 0.25) is 0 Å². The summed E-state index contributed by atoms with van der Waals surface area (Å²) >= 11 is 0. The molecule has 5 heteroatoms. The van der Waals surface area contributed by atoms with Crippen molar-refractivity contribution in [1.29, 1.82) is 0 Å². The van der Waals surface area contributed by atoms with Gasteiger partial charge in [-0.25, -0.2) is 0 Å². The monoisotopic (exact) mass is 275 g/mol. The Hall–Kier alpha value is -1.62. The molecule has 1 aromatic rings. The molecule has 20 heavy (non-hydrogen) atoms. The highest BCUT2D eigenvalue weighted by Crippen LogP contribution is 2.31. The Morgan fingerprint density at radius 2 is 2.15 bits per heavy atom. The molecule has 1 aromatic heterocycles. The molecule has 1 aliphatic heterocycles. The summed E-state index contributed by atoms with van der Waals surface area (Å²) in [5.41, 5.74) is 7.09. The Kier molecular flexibility index (Phi) is 4.60. The quantitative estimate of drug-likeness (QED) is 0.849. The summed E-state index contributed by atoms with van der Waals surface area (Å²) in [6.07, 6.45) is 3.71. The Morgan fingerprint density at radius 1 is 1.40 bits per heavy atom. The van der Waals surface area contributed by atoms with Crippen LogP contribution in [0.2, 0.25) is 0 Å². The van der Waals surface area contributed by atoms with Crippen molar-refractivity contribution < 1.29 is 0 Å². The van der Waals surface area contributed by atoms with E-state index in [0.717, 1.165) is 26.2 Å². The molecule has 0 spiro atoms. The van der Waals surface area contributed by atoms with Crippen LogP contribution in [0.25, 0.3) is 0 Å². The first-order valence-electron chi connectivity index (χ1n) is 7.32. The maximum absolute atomic E-state index is 6.10. The number of guanidine groups is 1. The first kappa shape index (κ1) is 14.8. The molecular weight excluding hydrogens is 250 g/mol. The molecule has 1 atom stereocenters. The lowest BCUT2D eigenvalue weighted by molar-refractivity contribution is 0.188. The predicted molar refractivity (Wildman–Crippen MR) is 82.6 cm³/mol. The molecular formula is C15H25N5. The lowest BCUT2D eigenvalue weighted by atomic mass is 9.92. The minimum absolute atomic E-state index is 0.175. The highest BCUT2D eigenvalue weighted by atomic mass is 15.4. The van der Waals surface area contributed by atoms with Gasteiger partial charge in [-0.2, -0.15) is 0 Å². The first-order valence-corrected chi connectivity index (χ1v) is 7.32. The van der Waals surface area contributed by atoms with E-state index in [1.54, 1.807) is 6.20 Å². The summed E-state index contributed by atoms with van der Waals surface area (Å²) < 4.78 is 0. The minimum Gasteiger partial charge on any atom is -0.370 e. The van der Waals surface area contributed by atoms with Gasteiger partial charge in [0.15, 0.2) is 5.96 Å². The van der Waals surface area contributed by atoms with Gasteiger partial charge in [0.05, 0.1) is 12.1 Å². The van der Waals surface area contributed by atoms with Crippen molar-refractivity contribution in [2.24, 2.45) is 10.7 Å². The molecule has 2 heterocycles. The van der Waals surface area contributed by atoms with Crippen LogP contribution >= 0.6 is 0 Å². The third-order valence-electron chi connectivity index (χ3n) is 4.24. The van der Waals surface area contributed by atoms with E-state index in [9.17, 15) is 0 Å². The molecule has 0 aliphatic carbocycles. The van der Waals surface area contributed by atoms with Gasteiger partial charge in [-0.3, -0.25) is 9.98 Å². The Morgan fingerprint density at radius 3 is 2.75 bits per heavy atom. The van der Waals surface area contributed by atoms with Crippen LogP contribution in [0, 0.1) is 0 Å². The van der Waals surface area contributed by atoms with E-state index in [1.165, 1.54) is 5.56 Å². The number of pyridine rings is 1. The molecule has 5 nitrogen and oxygen atoms in total. The summed E-state index contributed by atoms with van der Waals surface area (Å²) in [7, 11) is 0. The average Bonchev–Trinajstić information content (AvgIpc) is 2.78. The third-order valence-corrected chi connectivity index (χ3v) is 4.24. The predicted octanol–water partition coefficient (Wildman–Crippen LogP) is 1.27. The standard InChI is InChI=1S/C15H25N5/c1-4-19(5-2)9-10-20-14(16)18-12-15(20,3)13-7-6-8-17-11-13/h6-8,11H,4-5,9-10,12H2,1-3H3,(H2,16,18). The Balaban J connectivity index is 2.14. The lowest BCUT2D eigenvalue weighted by Gasteiger charge is -2.37. The van der Waals surface area contributed by atoms with Crippen molar-refractivity contribution in [1.82, 2.24) is 14.8 Å². The van der Waals surface area contributed by atoms with Gasteiger partial charge in [-0.15, -0.1) is 0 Å². The molecule has 0 saturated carbocycles. The fraction of sp³-hybridized carbons (Fsp3) is 0.600. The third kappa shape index (κ3) is 2.77. The second-order valence-electron chi connectivity index (χ2n) is 5.37. The first-order chi connectivity index (χ1) is 9.61. The fourth-order valence-corrected chi connectivity index (χ4v) is 2.73. The normalized spacial score (nSPS) is 22.4. The van der Waals surface area contributed by atoms with Crippen LogP contribution in [-0.4, -0.2) is 53.5 Å². The number of nitrogens with zero attached hydrogens (tertiary/aromatic N) is 4. The number of likely N-dealkylation sites (N-methyl/N-ethyl adjacent to an activating group) is 1. The van der Waals surface area contributed by atoms with E-state index >= 15 is 0 Å². The van der Waals surface area contributed by atoms with Gasteiger partial charge >= 0.3 is 0 Å². The molecule has 2 rings (SSSR count). The highest BCUT2D eigenvalue weighted by molar-refractivity contribution is 5.81. The van der Waals surface area contributed by atoms with Gasteiger partial charge in [0.25, 0.3) is 0 Å². The van der Waals surface area contributed by atoms with Crippen molar-refractivity contribution in [3.05, 3.63) is 30.1 Å². The zero-order valence-electron chi connectivity index (χ0n) is 12.7. The van der Waals surface area contributed by atoms with E-state index < -0.39 is 0 Å². The highest BCUT2D eigenvalue weighted by Gasteiger charge is 2.39. The number of nitrogens with two attached hydrogens (primary N) is 1. The second kappa shape index (κ2) is 6.22. The number of rotatable bonds is 6. The molecule has 0 radical (unpaired) electrons. The Bertz CT molecular complexity index is 455. The maximum Gasteiger partial charge on any atom is 0.192 e. The number of hydrogen-bond donors (Lipinski definition) is 1. The van der Waals surface area contributed by atoms with Crippen LogP contribution < -0.4 is 5.73 Å². The Labute approximate surface area is 121 Å². The van der Waals surface area contributed by atoms with Crippen molar-refractivity contribution in [2.45, 2.75) is 26.3 Å². The van der Waals surface area contributed by atoms with Gasteiger partial charge < -0.3 is 15.5 Å². The van der Waals surface area contributed by atoms with Crippen LogP contribution in [-0.2, 0) is 5.54 Å². The van der Waals surface area contributed by atoms with Crippen LogP contribution in [0.3, 0.4) is 0 Å². The molecule has 110 valence electrons. The van der Waals surface area contributed by atoms with Crippen molar-refractivity contribution in [3.8, 4) is 0 Å². The fourth-order valence-electron chi connectivity index (χ4n) is 2.73. The molecule has 0 aromatic carbocycles. The largest absolute Gasteiger partial charge is 0.370 e. The smallest absolute Gasteiger partial charge is 0.192 e. The molecule has 0 bridgehead atoms. The van der Waals surface area contributed by atoms with E-state index in [-0.39, 0.29) is 5.54 Å². The van der Waals surface area contributed by atoms with Crippen molar-refractivity contribution in [2.75, 3.05) is 32.7 Å². The molecule has 0 saturated heterocycles. The zero-order chi connectivity index (χ0) is 14.6. The number of aliphatic imine (C=N–C) groups is 1. The summed E-state index contributed by atoms with van der Waals surface area (Å²) in [6.45, 7) is 11.3. The lowest BCUT2D eigenvalue weighted by Crippen LogP contribution is -2.50. The van der Waals surface area contributed by atoms with Gasteiger partial charge in [-0.1, -0.05) is 19.9 Å². The number of aromatic nitrogens is 1. The van der Waals surface area contributed by atoms with Gasteiger partial charge in [0, 0.05) is 25.5 Å². The maximum atomic E-state index is 6.10. The molecule has 1 aliphatic rings. The summed E-state index contributed by atoms with van der Waals surface area (Å²) in [5.74, 6) is 0.642. The van der Waals surface area contributed by atoms with E-state index in [2.05, 4.69) is 46.6 Å². The van der Waals surface area contributed by atoms with Crippen LogP contribution in [0.15, 0.2) is 29.5 Å². The summed E-state index contributed by atoms with van der Waals surface area (Å²) in [5, 5.41) is 0. The molecule has 0 fully saturated rings. The summed E-state index contributed by atoms with van der Waals surface area (Å²) in [4.78, 5) is 13.3. The molecule has 2 N–H and O–H groups in total. The van der Waals surface area contributed by atoms with Gasteiger partial charge in [-0.05, 0) is 31.6 Å². The van der Waals surface area contributed by atoms with Crippen LogP contribution in [0.4, 0.5) is 0 Å². The topological polar surface area (TPSA) is 57.8 Å². The van der Waals surface area contributed by atoms with E-state index in [0.29, 0.717) is 12.5 Å². The molecule has 1 unspecified atom stereocenters. The second-order valence-corrected chi connectivity index (χ2v) is 5.37. The average molecular weight is 275 g/mol. The van der Waals surface area contributed by atoms with Crippen LogP contribution in [0.5, 0.6) is 0 Å². The van der Waals surface area contributed by atoms with Crippen molar-refractivity contribution in [3.63, 3.8) is 0 Å².